The second-order valence-corrected chi connectivity index (χ2v) is 4.09. The number of fused-ring (bicyclic) bond motifs is 1. The molecule has 0 radical (unpaired) electrons. The molecule has 2 fully saturated rings. The van der Waals surface area contributed by atoms with Crippen LogP contribution in [0.5, 0.6) is 0 Å². The molecular weight excluding hydrogens is 157 g/mol. The van der Waals surface area contributed by atoms with Crippen LogP contribution in [-0.4, -0.2) is 41.4 Å². The Morgan fingerprint density at radius 1 is 1.50 bits per heavy atom. The summed E-state index contributed by atoms with van der Waals surface area (Å²) in [5, 5.41) is 9.26. The van der Waals surface area contributed by atoms with E-state index in [4.69, 9.17) is 0 Å². The molecule has 0 spiro atoms. The molecule has 3 heteroatoms. The van der Waals surface area contributed by atoms with Crippen molar-refractivity contribution in [3.8, 4) is 0 Å². The molecule has 0 aromatic rings. The highest BCUT2D eigenvalue weighted by atomic mass is 19.1. The second-order valence-electron chi connectivity index (χ2n) is 4.09. The summed E-state index contributed by atoms with van der Waals surface area (Å²) in [4.78, 5) is 2.14. The normalized spacial score (nSPS) is 43.0. The molecule has 12 heavy (non-hydrogen) atoms. The van der Waals surface area contributed by atoms with E-state index in [1.54, 1.807) is 0 Å². The van der Waals surface area contributed by atoms with E-state index in [9.17, 15) is 9.50 Å². The summed E-state index contributed by atoms with van der Waals surface area (Å²) >= 11 is 0. The molecule has 2 nitrogen and oxygen atoms in total. The van der Waals surface area contributed by atoms with Crippen molar-refractivity contribution in [2.75, 3.05) is 19.7 Å². The average Bonchev–Trinajstić information content (AvgIpc) is 2.41. The predicted molar refractivity (Wildman–Crippen MR) is 44.8 cm³/mol. The van der Waals surface area contributed by atoms with Gasteiger partial charge in [-0.05, 0) is 19.4 Å². The Bertz CT molecular complexity index is 176. The first-order valence-corrected chi connectivity index (χ1v) is 4.77. The van der Waals surface area contributed by atoms with Gasteiger partial charge in [-0.3, -0.25) is 4.90 Å². The van der Waals surface area contributed by atoms with Gasteiger partial charge in [0.15, 0.2) is 0 Å². The zero-order valence-corrected chi connectivity index (χ0v) is 7.30. The summed E-state index contributed by atoms with van der Waals surface area (Å²) in [6.07, 6.45) is 3.11. The Morgan fingerprint density at radius 2 is 2.33 bits per heavy atom. The van der Waals surface area contributed by atoms with E-state index in [1.165, 1.54) is 0 Å². The maximum absolute atomic E-state index is 13.1. The van der Waals surface area contributed by atoms with Gasteiger partial charge >= 0.3 is 0 Å². The van der Waals surface area contributed by atoms with Crippen molar-refractivity contribution in [2.24, 2.45) is 0 Å². The molecule has 2 atom stereocenters. The van der Waals surface area contributed by atoms with Crippen LogP contribution in [0.3, 0.4) is 0 Å². The molecule has 0 aromatic heterocycles. The van der Waals surface area contributed by atoms with E-state index in [0.29, 0.717) is 13.0 Å². The molecule has 2 saturated heterocycles. The summed E-state index contributed by atoms with van der Waals surface area (Å²) in [7, 11) is 0. The fourth-order valence-electron chi connectivity index (χ4n) is 2.63. The van der Waals surface area contributed by atoms with Crippen LogP contribution in [0.15, 0.2) is 0 Å². The van der Waals surface area contributed by atoms with Gasteiger partial charge in [0.25, 0.3) is 0 Å². The number of halogens is 1. The smallest absolute Gasteiger partial charge is 0.115 e. The van der Waals surface area contributed by atoms with Crippen molar-refractivity contribution < 1.29 is 9.50 Å². The highest BCUT2D eigenvalue weighted by Gasteiger charge is 2.46. The third kappa shape index (κ3) is 1.15. The Hall–Kier alpha value is -0.150. The van der Waals surface area contributed by atoms with Gasteiger partial charge in [-0.1, -0.05) is 6.42 Å². The lowest BCUT2D eigenvalue weighted by molar-refractivity contribution is 0.0325. The molecule has 0 saturated carbocycles. The molecule has 1 N–H and O–H groups in total. The fraction of sp³-hybridized carbons (Fsp3) is 1.00. The third-order valence-corrected chi connectivity index (χ3v) is 3.31. The lowest BCUT2D eigenvalue weighted by atomic mass is 9.87. The summed E-state index contributed by atoms with van der Waals surface area (Å²) in [5.74, 6) is 0. The van der Waals surface area contributed by atoms with Gasteiger partial charge in [-0.2, -0.15) is 0 Å². The van der Waals surface area contributed by atoms with E-state index in [0.717, 1.165) is 25.8 Å². The number of alkyl halides is 1. The second kappa shape index (κ2) is 2.96. The first-order valence-electron chi connectivity index (χ1n) is 4.77. The summed E-state index contributed by atoms with van der Waals surface area (Å²) in [6.45, 7) is 1.65. The van der Waals surface area contributed by atoms with Crippen molar-refractivity contribution in [3.05, 3.63) is 0 Å². The van der Waals surface area contributed by atoms with Crippen LogP contribution in [0.1, 0.15) is 25.7 Å². The van der Waals surface area contributed by atoms with Gasteiger partial charge in [0.2, 0.25) is 0 Å². The Balaban J connectivity index is 2.14. The summed E-state index contributed by atoms with van der Waals surface area (Å²) in [5.41, 5.74) is -0.183. The maximum atomic E-state index is 13.1. The molecule has 0 aliphatic carbocycles. The Morgan fingerprint density at radius 3 is 3.00 bits per heavy atom. The van der Waals surface area contributed by atoms with Gasteiger partial charge in [0.05, 0.1) is 6.61 Å². The molecule has 2 aliphatic rings. The van der Waals surface area contributed by atoms with E-state index >= 15 is 0 Å². The van der Waals surface area contributed by atoms with Gasteiger partial charge in [-0.15, -0.1) is 0 Å². The monoisotopic (exact) mass is 173 g/mol. The minimum Gasteiger partial charge on any atom is -0.394 e. The number of nitrogens with zero attached hydrogens (tertiary/aromatic N) is 1. The maximum Gasteiger partial charge on any atom is 0.115 e. The zero-order valence-electron chi connectivity index (χ0n) is 7.30. The third-order valence-electron chi connectivity index (χ3n) is 3.31. The van der Waals surface area contributed by atoms with E-state index in [-0.39, 0.29) is 12.1 Å². The molecule has 0 unspecified atom stereocenters. The predicted octanol–water partition coefficient (Wildman–Crippen LogP) is 0.945. The first-order chi connectivity index (χ1) is 5.77. The molecule has 2 rings (SSSR count). The fourth-order valence-corrected chi connectivity index (χ4v) is 2.63. The number of piperidine rings is 1. The Labute approximate surface area is 72.4 Å². The number of rotatable bonds is 1. The summed E-state index contributed by atoms with van der Waals surface area (Å²) < 4.78 is 13.1. The first kappa shape index (κ1) is 8.45. The van der Waals surface area contributed by atoms with E-state index < -0.39 is 6.17 Å². The van der Waals surface area contributed by atoms with Crippen molar-refractivity contribution in [2.45, 2.75) is 37.4 Å². The molecule has 70 valence electrons. The van der Waals surface area contributed by atoms with Crippen molar-refractivity contribution in [1.29, 1.82) is 0 Å². The van der Waals surface area contributed by atoms with Gasteiger partial charge < -0.3 is 5.11 Å². The average molecular weight is 173 g/mol. The molecule has 2 aliphatic heterocycles. The van der Waals surface area contributed by atoms with Crippen molar-refractivity contribution in [1.82, 2.24) is 4.90 Å². The largest absolute Gasteiger partial charge is 0.394 e. The van der Waals surface area contributed by atoms with E-state index in [1.807, 2.05) is 0 Å². The lowest BCUT2D eigenvalue weighted by Crippen LogP contribution is -2.49. The van der Waals surface area contributed by atoms with Crippen molar-refractivity contribution in [3.63, 3.8) is 0 Å². The molecular formula is C9H16FNO. The van der Waals surface area contributed by atoms with Crippen LogP contribution < -0.4 is 0 Å². The molecule has 0 amide bonds. The summed E-state index contributed by atoms with van der Waals surface area (Å²) in [6, 6.07) is 0. The minimum atomic E-state index is -0.713. The number of aliphatic hydroxyl groups excluding tert-OH is 1. The van der Waals surface area contributed by atoms with Crippen LogP contribution in [0.2, 0.25) is 0 Å². The van der Waals surface area contributed by atoms with Gasteiger partial charge in [0, 0.05) is 18.5 Å². The SMILES string of the molecule is OC[C@@]12CCCCN1C[C@H](F)C2. The zero-order chi connectivity index (χ0) is 8.60. The van der Waals surface area contributed by atoms with Crippen molar-refractivity contribution >= 4 is 0 Å². The Kier molecular flexibility index (Phi) is 2.09. The highest BCUT2D eigenvalue weighted by molar-refractivity contribution is 5.01. The number of aliphatic hydroxyl groups is 1. The highest BCUT2D eigenvalue weighted by Crippen LogP contribution is 2.38. The molecule has 2 heterocycles. The number of hydrogen-bond acceptors (Lipinski definition) is 2. The van der Waals surface area contributed by atoms with Crippen LogP contribution in [-0.2, 0) is 0 Å². The topological polar surface area (TPSA) is 23.5 Å². The number of hydrogen-bond donors (Lipinski definition) is 1. The van der Waals surface area contributed by atoms with Crippen LogP contribution in [0.25, 0.3) is 0 Å². The standard InChI is InChI=1S/C9H16FNO/c10-8-5-9(7-12)3-1-2-4-11(9)6-8/h8,12H,1-7H2/t8-,9+/m1/s1. The molecule has 0 bridgehead atoms. The quantitative estimate of drug-likeness (QED) is 0.638. The minimum absolute atomic E-state index is 0.132. The van der Waals surface area contributed by atoms with Crippen LogP contribution in [0.4, 0.5) is 4.39 Å². The van der Waals surface area contributed by atoms with Gasteiger partial charge in [-0.25, -0.2) is 4.39 Å². The van der Waals surface area contributed by atoms with E-state index in [2.05, 4.69) is 4.90 Å². The van der Waals surface area contributed by atoms with Gasteiger partial charge in [0.1, 0.15) is 6.17 Å². The lowest BCUT2D eigenvalue weighted by Gasteiger charge is -2.40. The van der Waals surface area contributed by atoms with Crippen LogP contribution >= 0.6 is 0 Å². The molecule has 0 aromatic carbocycles. The van der Waals surface area contributed by atoms with Crippen LogP contribution in [0, 0.1) is 0 Å².